The van der Waals surface area contributed by atoms with Crippen LogP contribution in [0.3, 0.4) is 0 Å². The number of ether oxygens (including phenoxy) is 1. The molecule has 0 unspecified atom stereocenters. The highest BCUT2D eigenvalue weighted by atomic mass is 16.5. The van der Waals surface area contributed by atoms with Gasteiger partial charge in [-0.2, -0.15) is 0 Å². The van der Waals surface area contributed by atoms with Crippen LogP contribution >= 0.6 is 0 Å². The van der Waals surface area contributed by atoms with E-state index in [0.717, 1.165) is 23.1 Å². The first-order valence-electron chi connectivity index (χ1n) is 5.69. The molecule has 0 saturated heterocycles. The SMILES string of the molecule is Cc1cc(COc2ccc(/C=C/C(=O)O)cc2)no1. The van der Waals surface area contributed by atoms with Crippen LogP contribution < -0.4 is 4.74 Å². The van der Waals surface area contributed by atoms with Crippen LogP contribution in [0.15, 0.2) is 40.9 Å². The number of carbonyl (C=O) groups is 1. The van der Waals surface area contributed by atoms with Gasteiger partial charge in [0.25, 0.3) is 0 Å². The maximum absolute atomic E-state index is 10.4. The van der Waals surface area contributed by atoms with Crippen molar-refractivity contribution in [2.45, 2.75) is 13.5 Å². The van der Waals surface area contributed by atoms with E-state index < -0.39 is 5.97 Å². The fourth-order valence-electron chi connectivity index (χ4n) is 1.49. The van der Waals surface area contributed by atoms with E-state index in [1.54, 1.807) is 24.3 Å². The Kier molecular flexibility index (Phi) is 3.97. The van der Waals surface area contributed by atoms with Crippen molar-refractivity contribution in [2.24, 2.45) is 0 Å². The minimum absolute atomic E-state index is 0.335. The minimum atomic E-state index is -0.971. The van der Waals surface area contributed by atoms with E-state index in [9.17, 15) is 4.79 Å². The first-order valence-corrected chi connectivity index (χ1v) is 5.69. The first-order chi connectivity index (χ1) is 9.13. The number of aromatic nitrogens is 1. The summed E-state index contributed by atoms with van der Waals surface area (Å²) in [5.74, 6) is 0.461. The third-order valence-corrected chi connectivity index (χ3v) is 2.36. The largest absolute Gasteiger partial charge is 0.487 e. The smallest absolute Gasteiger partial charge is 0.328 e. The standard InChI is InChI=1S/C14H13NO4/c1-10-8-12(15-19-10)9-18-13-5-2-11(3-6-13)4-7-14(16)17/h2-8H,9H2,1H3,(H,16,17)/b7-4+. The summed E-state index contributed by atoms with van der Waals surface area (Å²) in [6, 6.07) is 8.92. The summed E-state index contributed by atoms with van der Waals surface area (Å²) in [5, 5.41) is 12.3. The monoisotopic (exact) mass is 259 g/mol. The van der Waals surface area contributed by atoms with Gasteiger partial charge >= 0.3 is 5.97 Å². The molecule has 0 aliphatic carbocycles. The lowest BCUT2D eigenvalue weighted by molar-refractivity contribution is -0.131. The summed E-state index contributed by atoms with van der Waals surface area (Å²) < 4.78 is 10.5. The van der Waals surface area contributed by atoms with Crippen molar-refractivity contribution in [1.29, 1.82) is 0 Å². The zero-order valence-electron chi connectivity index (χ0n) is 10.4. The average Bonchev–Trinajstić information content (AvgIpc) is 2.81. The molecule has 0 spiro atoms. The Morgan fingerprint density at radius 1 is 1.42 bits per heavy atom. The second kappa shape index (κ2) is 5.86. The van der Waals surface area contributed by atoms with Crippen LogP contribution in [0.5, 0.6) is 5.75 Å². The molecule has 0 fully saturated rings. The molecule has 0 aliphatic rings. The molecule has 5 nitrogen and oxygen atoms in total. The van der Waals surface area contributed by atoms with Crippen LogP contribution in [-0.4, -0.2) is 16.2 Å². The average molecular weight is 259 g/mol. The van der Waals surface area contributed by atoms with Crippen LogP contribution in [0.25, 0.3) is 6.08 Å². The van der Waals surface area contributed by atoms with Gasteiger partial charge in [-0.25, -0.2) is 4.79 Å². The second-order valence-corrected chi connectivity index (χ2v) is 3.96. The molecule has 2 aromatic rings. The maximum atomic E-state index is 10.4. The van der Waals surface area contributed by atoms with Crippen molar-refractivity contribution in [2.75, 3.05) is 0 Å². The number of hydrogen-bond donors (Lipinski definition) is 1. The van der Waals surface area contributed by atoms with E-state index in [2.05, 4.69) is 5.16 Å². The molecule has 1 N–H and O–H groups in total. The Bertz CT molecular complexity index is 584. The lowest BCUT2D eigenvalue weighted by Gasteiger charge is -2.03. The first kappa shape index (κ1) is 12.9. The molecule has 2 rings (SSSR count). The van der Waals surface area contributed by atoms with Gasteiger partial charge in [-0.1, -0.05) is 17.3 Å². The number of aryl methyl sites for hydroxylation is 1. The summed E-state index contributed by atoms with van der Waals surface area (Å²) in [5.41, 5.74) is 1.53. The number of hydrogen-bond acceptors (Lipinski definition) is 4. The van der Waals surface area contributed by atoms with Gasteiger partial charge in [0.2, 0.25) is 0 Å². The molecule has 0 radical (unpaired) electrons. The van der Waals surface area contributed by atoms with E-state index in [-0.39, 0.29) is 0 Å². The van der Waals surface area contributed by atoms with Crippen LogP contribution in [-0.2, 0) is 11.4 Å². The number of nitrogens with zero attached hydrogens (tertiary/aromatic N) is 1. The molecular formula is C14H13NO4. The van der Waals surface area contributed by atoms with E-state index in [4.69, 9.17) is 14.4 Å². The molecule has 0 amide bonds. The topological polar surface area (TPSA) is 72.6 Å². The Hall–Kier alpha value is -2.56. The van der Waals surface area contributed by atoms with Crippen molar-refractivity contribution in [3.8, 4) is 5.75 Å². The van der Waals surface area contributed by atoms with Gasteiger partial charge in [0.05, 0.1) is 0 Å². The zero-order valence-corrected chi connectivity index (χ0v) is 10.4. The molecular weight excluding hydrogens is 246 g/mol. The summed E-state index contributed by atoms with van der Waals surface area (Å²) in [4.78, 5) is 10.4. The minimum Gasteiger partial charge on any atom is -0.487 e. The normalized spacial score (nSPS) is 10.8. The summed E-state index contributed by atoms with van der Waals surface area (Å²) in [7, 11) is 0. The van der Waals surface area contributed by atoms with Gasteiger partial charge in [0, 0.05) is 12.1 Å². The number of carboxylic acid groups (broad SMARTS) is 1. The Labute approximate surface area is 110 Å². The van der Waals surface area contributed by atoms with Crippen molar-refractivity contribution in [3.63, 3.8) is 0 Å². The second-order valence-electron chi connectivity index (χ2n) is 3.96. The molecule has 0 bridgehead atoms. The lowest BCUT2D eigenvalue weighted by atomic mass is 10.2. The molecule has 19 heavy (non-hydrogen) atoms. The quantitative estimate of drug-likeness (QED) is 0.836. The van der Waals surface area contributed by atoms with Gasteiger partial charge in [-0.15, -0.1) is 0 Å². The highest BCUT2D eigenvalue weighted by Crippen LogP contribution is 2.15. The number of benzene rings is 1. The van der Waals surface area contributed by atoms with Crippen molar-refractivity contribution in [3.05, 3.63) is 53.4 Å². The number of carboxylic acids is 1. The van der Waals surface area contributed by atoms with Gasteiger partial charge in [-0.05, 0) is 30.7 Å². The van der Waals surface area contributed by atoms with E-state index in [1.165, 1.54) is 6.08 Å². The van der Waals surface area contributed by atoms with Crippen molar-refractivity contribution in [1.82, 2.24) is 5.16 Å². The molecule has 1 aromatic heterocycles. The number of aliphatic carboxylic acids is 1. The van der Waals surface area contributed by atoms with Gasteiger partial charge < -0.3 is 14.4 Å². The van der Waals surface area contributed by atoms with Crippen LogP contribution in [0.4, 0.5) is 0 Å². The van der Waals surface area contributed by atoms with Gasteiger partial charge in [-0.3, -0.25) is 0 Å². The summed E-state index contributed by atoms with van der Waals surface area (Å²) in [6.07, 6.45) is 2.61. The molecule has 0 saturated carbocycles. The van der Waals surface area contributed by atoms with Gasteiger partial charge in [0.1, 0.15) is 23.8 Å². The highest BCUT2D eigenvalue weighted by molar-refractivity contribution is 5.85. The lowest BCUT2D eigenvalue weighted by Crippen LogP contribution is -1.95. The molecule has 0 atom stereocenters. The summed E-state index contributed by atoms with van der Waals surface area (Å²) in [6.45, 7) is 2.15. The molecule has 0 aliphatic heterocycles. The third-order valence-electron chi connectivity index (χ3n) is 2.36. The predicted molar refractivity (Wildman–Crippen MR) is 68.7 cm³/mol. The van der Waals surface area contributed by atoms with E-state index in [1.807, 2.05) is 13.0 Å². The van der Waals surface area contributed by atoms with Crippen molar-refractivity contribution < 1.29 is 19.2 Å². The predicted octanol–water partition coefficient (Wildman–Crippen LogP) is 2.66. The van der Waals surface area contributed by atoms with Crippen molar-refractivity contribution >= 4 is 12.0 Å². The highest BCUT2D eigenvalue weighted by Gasteiger charge is 2.01. The third kappa shape index (κ3) is 3.99. The molecule has 1 aromatic carbocycles. The maximum Gasteiger partial charge on any atom is 0.328 e. The van der Waals surface area contributed by atoms with Crippen LogP contribution in [0.1, 0.15) is 17.0 Å². The Morgan fingerprint density at radius 2 is 2.16 bits per heavy atom. The fourth-order valence-corrected chi connectivity index (χ4v) is 1.49. The van der Waals surface area contributed by atoms with E-state index in [0.29, 0.717) is 12.4 Å². The summed E-state index contributed by atoms with van der Waals surface area (Å²) >= 11 is 0. The zero-order chi connectivity index (χ0) is 13.7. The van der Waals surface area contributed by atoms with Gasteiger partial charge in [0.15, 0.2) is 0 Å². The van der Waals surface area contributed by atoms with E-state index >= 15 is 0 Å². The Morgan fingerprint density at radius 3 is 2.74 bits per heavy atom. The van der Waals surface area contributed by atoms with Crippen LogP contribution in [0, 0.1) is 6.92 Å². The fraction of sp³-hybridized carbons (Fsp3) is 0.143. The number of rotatable bonds is 5. The van der Waals surface area contributed by atoms with Crippen LogP contribution in [0.2, 0.25) is 0 Å². The molecule has 5 heteroatoms. The molecule has 98 valence electrons. The Balaban J connectivity index is 1.93. The molecule has 1 heterocycles.